The van der Waals surface area contributed by atoms with E-state index in [1.54, 1.807) is 0 Å². The molecule has 4 nitrogen and oxygen atoms in total. The van der Waals surface area contributed by atoms with Crippen LogP contribution in [0.1, 0.15) is 12.5 Å². The summed E-state index contributed by atoms with van der Waals surface area (Å²) < 4.78 is 2.05. The average Bonchev–Trinajstić information content (AvgIpc) is 2.91. The summed E-state index contributed by atoms with van der Waals surface area (Å²) in [5, 5.41) is 2.82. The Kier molecular flexibility index (Phi) is 3.69. The molecular weight excluding hydrogens is 262 g/mol. The molecule has 3 aromatic rings. The van der Waals surface area contributed by atoms with E-state index >= 15 is 0 Å². The van der Waals surface area contributed by atoms with Gasteiger partial charge in [0.15, 0.2) is 0 Å². The van der Waals surface area contributed by atoms with Crippen LogP contribution in [-0.2, 0) is 11.2 Å². The lowest BCUT2D eigenvalue weighted by Gasteiger charge is -2.06. The third-order valence-corrected chi connectivity index (χ3v) is 3.38. The summed E-state index contributed by atoms with van der Waals surface area (Å²) in [6.45, 7) is 2.58. The van der Waals surface area contributed by atoms with Crippen molar-refractivity contribution in [2.24, 2.45) is 0 Å². The molecule has 0 unspecified atom stereocenters. The molecule has 0 radical (unpaired) electrons. The van der Waals surface area contributed by atoms with Gasteiger partial charge in [0, 0.05) is 18.3 Å². The second-order valence-corrected chi connectivity index (χ2v) is 4.90. The van der Waals surface area contributed by atoms with E-state index in [-0.39, 0.29) is 5.91 Å². The molecule has 3 rings (SSSR count). The Bertz CT molecular complexity index is 776. The van der Waals surface area contributed by atoms with Crippen molar-refractivity contribution in [3.05, 3.63) is 60.4 Å². The van der Waals surface area contributed by atoms with Gasteiger partial charge in [-0.2, -0.15) is 0 Å². The number of carbonyl (C=O) groups excluding carboxylic acids is 1. The first-order valence-corrected chi connectivity index (χ1v) is 7.06. The van der Waals surface area contributed by atoms with Crippen LogP contribution in [0.15, 0.2) is 54.9 Å². The third kappa shape index (κ3) is 2.79. The van der Waals surface area contributed by atoms with Gasteiger partial charge in [-0.15, -0.1) is 0 Å². The Morgan fingerprint density at radius 2 is 2.14 bits per heavy atom. The van der Waals surface area contributed by atoms with Gasteiger partial charge in [-0.25, -0.2) is 4.98 Å². The first kappa shape index (κ1) is 13.4. The van der Waals surface area contributed by atoms with Crippen LogP contribution < -0.4 is 5.32 Å². The zero-order valence-corrected chi connectivity index (χ0v) is 11.9. The van der Waals surface area contributed by atoms with Crippen molar-refractivity contribution in [1.29, 1.82) is 0 Å². The van der Waals surface area contributed by atoms with Crippen LogP contribution in [0.2, 0.25) is 0 Å². The molecule has 4 heteroatoms. The molecule has 21 heavy (non-hydrogen) atoms. The fourth-order valence-corrected chi connectivity index (χ4v) is 2.43. The molecule has 0 saturated carbocycles. The van der Waals surface area contributed by atoms with E-state index in [9.17, 15) is 4.79 Å². The molecule has 106 valence electrons. The number of amides is 1. The Hall–Kier alpha value is -2.62. The van der Waals surface area contributed by atoms with Gasteiger partial charge >= 0.3 is 0 Å². The minimum absolute atomic E-state index is 0.0489. The molecule has 0 spiro atoms. The van der Waals surface area contributed by atoms with Crippen LogP contribution in [-0.4, -0.2) is 21.8 Å². The standard InChI is InChI=1S/C17H17N3O/c1-2-18-17(21)11-13-6-5-7-14(10-13)15-12-19-16-8-3-4-9-20(15)16/h3-10,12H,2,11H2,1H3,(H,18,21). The number of aromatic nitrogens is 2. The maximum absolute atomic E-state index is 11.7. The molecule has 0 atom stereocenters. The third-order valence-electron chi connectivity index (χ3n) is 3.38. The summed E-state index contributed by atoms with van der Waals surface area (Å²) in [6, 6.07) is 14.0. The summed E-state index contributed by atoms with van der Waals surface area (Å²) in [5.74, 6) is 0.0489. The van der Waals surface area contributed by atoms with Gasteiger partial charge in [0.25, 0.3) is 0 Å². The highest BCUT2D eigenvalue weighted by atomic mass is 16.1. The number of nitrogens with zero attached hydrogens (tertiary/aromatic N) is 2. The predicted molar refractivity (Wildman–Crippen MR) is 83.0 cm³/mol. The highest BCUT2D eigenvalue weighted by Crippen LogP contribution is 2.21. The van der Waals surface area contributed by atoms with Crippen molar-refractivity contribution < 1.29 is 4.79 Å². The minimum Gasteiger partial charge on any atom is -0.356 e. The largest absolute Gasteiger partial charge is 0.356 e. The zero-order chi connectivity index (χ0) is 14.7. The number of hydrogen-bond donors (Lipinski definition) is 1. The van der Waals surface area contributed by atoms with Crippen molar-refractivity contribution in [1.82, 2.24) is 14.7 Å². The molecule has 1 aromatic carbocycles. The normalized spacial score (nSPS) is 10.7. The molecule has 1 N–H and O–H groups in total. The highest BCUT2D eigenvalue weighted by Gasteiger charge is 2.07. The summed E-state index contributed by atoms with van der Waals surface area (Å²) >= 11 is 0. The minimum atomic E-state index is 0.0489. The number of benzene rings is 1. The Labute approximate surface area is 123 Å². The number of rotatable bonds is 4. The lowest BCUT2D eigenvalue weighted by Crippen LogP contribution is -2.24. The number of pyridine rings is 1. The maximum Gasteiger partial charge on any atom is 0.224 e. The van der Waals surface area contributed by atoms with Crippen LogP contribution in [0, 0.1) is 0 Å². The van der Waals surface area contributed by atoms with Crippen LogP contribution >= 0.6 is 0 Å². The Morgan fingerprint density at radius 3 is 3.00 bits per heavy atom. The Balaban J connectivity index is 1.94. The maximum atomic E-state index is 11.7. The molecule has 0 aliphatic heterocycles. The molecule has 0 aliphatic carbocycles. The fourth-order valence-electron chi connectivity index (χ4n) is 2.43. The Morgan fingerprint density at radius 1 is 1.24 bits per heavy atom. The van der Waals surface area contributed by atoms with Crippen LogP contribution in [0.5, 0.6) is 0 Å². The van der Waals surface area contributed by atoms with Crippen LogP contribution in [0.4, 0.5) is 0 Å². The van der Waals surface area contributed by atoms with Gasteiger partial charge < -0.3 is 5.32 Å². The van der Waals surface area contributed by atoms with E-state index < -0.39 is 0 Å². The van der Waals surface area contributed by atoms with E-state index in [0.717, 1.165) is 22.5 Å². The zero-order valence-electron chi connectivity index (χ0n) is 11.9. The molecular formula is C17H17N3O. The number of nitrogens with one attached hydrogen (secondary N) is 1. The lowest BCUT2D eigenvalue weighted by molar-refractivity contribution is -0.120. The van der Waals surface area contributed by atoms with Crippen molar-refractivity contribution in [3.63, 3.8) is 0 Å². The summed E-state index contributed by atoms with van der Waals surface area (Å²) in [4.78, 5) is 16.1. The van der Waals surface area contributed by atoms with Crippen molar-refractivity contribution in [2.45, 2.75) is 13.3 Å². The highest BCUT2D eigenvalue weighted by molar-refractivity contribution is 5.79. The van der Waals surface area contributed by atoms with Gasteiger partial charge in [-0.05, 0) is 30.7 Å². The molecule has 2 heterocycles. The van der Waals surface area contributed by atoms with E-state index in [2.05, 4.69) is 10.3 Å². The van der Waals surface area contributed by atoms with Gasteiger partial charge in [-0.1, -0.05) is 24.3 Å². The van der Waals surface area contributed by atoms with E-state index in [1.807, 2.05) is 66.2 Å². The molecule has 1 amide bonds. The molecule has 2 aromatic heterocycles. The lowest BCUT2D eigenvalue weighted by atomic mass is 10.1. The number of likely N-dealkylation sites (N-methyl/N-ethyl adjacent to an activating group) is 1. The van der Waals surface area contributed by atoms with Crippen LogP contribution in [0.3, 0.4) is 0 Å². The van der Waals surface area contributed by atoms with Gasteiger partial charge in [-0.3, -0.25) is 9.20 Å². The van der Waals surface area contributed by atoms with Gasteiger partial charge in [0.05, 0.1) is 18.3 Å². The molecule has 0 saturated heterocycles. The van der Waals surface area contributed by atoms with Gasteiger partial charge in [0.2, 0.25) is 5.91 Å². The summed E-state index contributed by atoms with van der Waals surface area (Å²) in [5.41, 5.74) is 4.02. The first-order chi connectivity index (χ1) is 10.3. The summed E-state index contributed by atoms with van der Waals surface area (Å²) in [6.07, 6.45) is 4.26. The second kappa shape index (κ2) is 5.79. The molecule has 0 fully saturated rings. The number of imidazole rings is 1. The number of carbonyl (C=O) groups is 1. The number of fused-ring (bicyclic) bond motifs is 1. The molecule has 0 aliphatic rings. The van der Waals surface area contributed by atoms with Crippen molar-refractivity contribution in [2.75, 3.05) is 6.54 Å². The van der Waals surface area contributed by atoms with Crippen molar-refractivity contribution >= 4 is 11.6 Å². The second-order valence-electron chi connectivity index (χ2n) is 4.90. The average molecular weight is 279 g/mol. The van der Waals surface area contributed by atoms with E-state index in [0.29, 0.717) is 13.0 Å². The topological polar surface area (TPSA) is 46.4 Å². The molecule has 0 bridgehead atoms. The quantitative estimate of drug-likeness (QED) is 0.798. The smallest absolute Gasteiger partial charge is 0.224 e. The van der Waals surface area contributed by atoms with E-state index in [1.165, 1.54) is 0 Å². The summed E-state index contributed by atoms with van der Waals surface area (Å²) in [7, 11) is 0. The SMILES string of the molecule is CCNC(=O)Cc1cccc(-c2cnc3ccccn23)c1. The van der Waals surface area contributed by atoms with E-state index in [4.69, 9.17) is 0 Å². The van der Waals surface area contributed by atoms with Crippen molar-refractivity contribution in [3.8, 4) is 11.3 Å². The predicted octanol–water partition coefficient (Wildman–Crippen LogP) is 2.68. The van der Waals surface area contributed by atoms with Gasteiger partial charge in [0.1, 0.15) is 5.65 Å². The van der Waals surface area contributed by atoms with Crippen LogP contribution in [0.25, 0.3) is 16.9 Å². The monoisotopic (exact) mass is 279 g/mol. The fraction of sp³-hybridized carbons (Fsp3) is 0.176. The number of hydrogen-bond acceptors (Lipinski definition) is 2. The first-order valence-electron chi connectivity index (χ1n) is 7.06.